The Morgan fingerprint density at radius 1 is 1.16 bits per heavy atom. The predicted octanol–water partition coefficient (Wildman–Crippen LogP) is 2.73. The van der Waals surface area contributed by atoms with Gasteiger partial charge in [-0.3, -0.25) is 19.8 Å². The standard InChI is InChI=1S/C23H18N2O7/c26-17-7-13-5-6-24-10-14-8-18-19(31-11-30-18)9-16(14)20(21(13)24)22(17)32-23(27)12-1-3-15(4-2-12)25(28)29/h1-4,7-9,20-22H,5-6,10-11H2/t20-,21?,22+/m0/s1. The Morgan fingerprint density at radius 3 is 2.66 bits per heavy atom. The van der Waals surface area contributed by atoms with Crippen LogP contribution < -0.4 is 9.47 Å². The van der Waals surface area contributed by atoms with E-state index in [0.29, 0.717) is 11.5 Å². The summed E-state index contributed by atoms with van der Waals surface area (Å²) in [5, 5.41) is 10.9. The second kappa shape index (κ2) is 6.89. The SMILES string of the molecule is O=C(O[C@@H]1C(=O)C=C2CCN3Cc4cc5c(cc4[C@H]1C23)OCO5)c1ccc([N+](=O)[O-])cc1. The van der Waals surface area contributed by atoms with E-state index in [4.69, 9.17) is 14.2 Å². The normalized spacial score (nSPS) is 25.1. The summed E-state index contributed by atoms with van der Waals surface area (Å²) in [5.41, 5.74) is 3.05. The molecule has 2 aromatic carbocycles. The van der Waals surface area contributed by atoms with Gasteiger partial charge in [0.2, 0.25) is 6.79 Å². The quantitative estimate of drug-likeness (QED) is 0.412. The van der Waals surface area contributed by atoms with Crippen LogP contribution in [-0.4, -0.2) is 47.1 Å². The molecule has 0 aromatic heterocycles. The molecule has 0 bridgehead atoms. The number of ether oxygens (including phenoxy) is 3. The van der Waals surface area contributed by atoms with Crippen LogP contribution in [0.3, 0.4) is 0 Å². The Balaban J connectivity index is 1.37. The van der Waals surface area contributed by atoms with Gasteiger partial charge in [-0.15, -0.1) is 0 Å². The van der Waals surface area contributed by atoms with Gasteiger partial charge in [-0.1, -0.05) is 0 Å². The highest BCUT2D eigenvalue weighted by molar-refractivity contribution is 6.00. The van der Waals surface area contributed by atoms with Crippen LogP contribution in [0.5, 0.6) is 11.5 Å². The van der Waals surface area contributed by atoms with Gasteiger partial charge < -0.3 is 14.2 Å². The Hall–Kier alpha value is -3.72. The molecule has 1 saturated heterocycles. The van der Waals surface area contributed by atoms with E-state index in [9.17, 15) is 19.7 Å². The zero-order chi connectivity index (χ0) is 22.0. The zero-order valence-corrected chi connectivity index (χ0v) is 16.9. The van der Waals surface area contributed by atoms with Crippen LogP contribution in [0, 0.1) is 10.1 Å². The maximum atomic E-state index is 13.1. The van der Waals surface area contributed by atoms with Gasteiger partial charge in [0, 0.05) is 37.2 Å². The van der Waals surface area contributed by atoms with E-state index >= 15 is 0 Å². The molecular formula is C23H18N2O7. The van der Waals surface area contributed by atoms with Crippen molar-refractivity contribution in [1.29, 1.82) is 0 Å². The molecule has 3 aliphatic heterocycles. The van der Waals surface area contributed by atoms with Crippen molar-refractivity contribution in [2.24, 2.45) is 0 Å². The number of nitro groups is 1. The molecule has 6 rings (SSSR count). The number of hydrogen-bond acceptors (Lipinski definition) is 8. The number of carbonyl (C=O) groups is 2. The Kier molecular flexibility index (Phi) is 4.09. The highest BCUT2D eigenvalue weighted by Gasteiger charge is 2.51. The van der Waals surface area contributed by atoms with Gasteiger partial charge >= 0.3 is 5.97 Å². The maximum Gasteiger partial charge on any atom is 0.338 e. The maximum absolute atomic E-state index is 13.1. The van der Waals surface area contributed by atoms with Crippen LogP contribution in [0.2, 0.25) is 0 Å². The van der Waals surface area contributed by atoms with Crippen molar-refractivity contribution in [3.8, 4) is 11.5 Å². The number of hydrogen-bond donors (Lipinski definition) is 0. The summed E-state index contributed by atoms with van der Waals surface area (Å²) >= 11 is 0. The van der Waals surface area contributed by atoms with Crippen molar-refractivity contribution in [1.82, 2.24) is 4.90 Å². The minimum absolute atomic E-state index is 0.0183. The topological polar surface area (TPSA) is 108 Å². The van der Waals surface area contributed by atoms with Crippen LogP contribution >= 0.6 is 0 Å². The lowest BCUT2D eigenvalue weighted by atomic mass is 9.73. The average Bonchev–Trinajstić information content (AvgIpc) is 3.41. The molecule has 3 heterocycles. The molecule has 162 valence electrons. The highest BCUT2D eigenvalue weighted by Crippen LogP contribution is 2.49. The molecule has 3 atom stereocenters. The van der Waals surface area contributed by atoms with Crippen molar-refractivity contribution in [3.63, 3.8) is 0 Å². The molecule has 1 fully saturated rings. The van der Waals surface area contributed by atoms with Crippen molar-refractivity contribution in [2.75, 3.05) is 13.3 Å². The molecule has 1 unspecified atom stereocenters. The second-order valence-electron chi connectivity index (χ2n) is 8.35. The number of benzene rings is 2. The van der Waals surface area contributed by atoms with Gasteiger partial charge in [0.25, 0.3) is 5.69 Å². The summed E-state index contributed by atoms with van der Waals surface area (Å²) in [5.74, 6) is 0.0135. The Morgan fingerprint density at radius 2 is 1.91 bits per heavy atom. The lowest BCUT2D eigenvalue weighted by molar-refractivity contribution is -0.384. The first-order valence-electron chi connectivity index (χ1n) is 10.4. The van der Waals surface area contributed by atoms with Crippen LogP contribution in [0.1, 0.15) is 33.8 Å². The van der Waals surface area contributed by atoms with E-state index in [-0.39, 0.29) is 35.8 Å². The molecule has 0 saturated carbocycles. The molecule has 9 nitrogen and oxygen atoms in total. The minimum atomic E-state index is -0.994. The fourth-order valence-corrected chi connectivity index (χ4v) is 5.23. The molecule has 2 aromatic rings. The van der Waals surface area contributed by atoms with E-state index in [2.05, 4.69) is 4.90 Å². The number of ketones is 1. The van der Waals surface area contributed by atoms with Gasteiger partial charge in [-0.05, 0) is 53.5 Å². The van der Waals surface area contributed by atoms with Gasteiger partial charge in [0.05, 0.1) is 10.5 Å². The highest BCUT2D eigenvalue weighted by atomic mass is 16.7. The first-order valence-corrected chi connectivity index (χ1v) is 10.4. The fraction of sp³-hybridized carbons (Fsp3) is 0.304. The Labute approximate surface area is 182 Å². The zero-order valence-electron chi connectivity index (χ0n) is 16.9. The summed E-state index contributed by atoms with van der Waals surface area (Å²) in [4.78, 5) is 38.6. The molecule has 9 heteroatoms. The van der Waals surface area contributed by atoms with E-state index in [1.54, 1.807) is 6.08 Å². The molecule has 4 aliphatic rings. The molecule has 0 radical (unpaired) electrons. The van der Waals surface area contributed by atoms with Crippen molar-refractivity contribution >= 4 is 17.4 Å². The number of esters is 1. The number of nitrogens with zero attached hydrogens (tertiary/aromatic N) is 2. The summed E-state index contributed by atoms with van der Waals surface area (Å²) in [6.07, 6.45) is 1.43. The monoisotopic (exact) mass is 434 g/mol. The minimum Gasteiger partial charge on any atom is -0.454 e. The molecule has 0 N–H and O–H groups in total. The van der Waals surface area contributed by atoms with Crippen LogP contribution in [-0.2, 0) is 16.1 Å². The summed E-state index contributed by atoms with van der Waals surface area (Å²) in [7, 11) is 0. The number of nitro benzene ring substituents is 1. The summed E-state index contributed by atoms with van der Waals surface area (Å²) in [6, 6.07) is 8.99. The van der Waals surface area contributed by atoms with E-state index in [1.165, 1.54) is 24.3 Å². The first kappa shape index (κ1) is 19.0. The molecular weight excluding hydrogens is 416 g/mol. The lowest BCUT2D eigenvalue weighted by Gasteiger charge is -2.43. The lowest BCUT2D eigenvalue weighted by Crippen LogP contribution is -2.50. The van der Waals surface area contributed by atoms with Gasteiger partial charge in [-0.25, -0.2) is 4.79 Å². The van der Waals surface area contributed by atoms with Gasteiger partial charge in [-0.2, -0.15) is 0 Å². The average molecular weight is 434 g/mol. The van der Waals surface area contributed by atoms with Crippen molar-refractivity contribution in [3.05, 3.63) is 74.9 Å². The van der Waals surface area contributed by atoms with Crippen molar-refractivity contribution in [2.45, 2.75) is 31.0 Å². The van der Waals surface area contributed by atoms with Gasteiger partial charge in [0.1, 0.15) is 0 Å². The van der Waals surface area contributed by atoms with E-state index in [1.807, 2.05) is 12.1 Å². The third-order valence-corrected chi connectivity index (χ3v) is 6.65. The molecule has 0 amide bonds. The predicted molar refractivity (Wildman–Crippen MR) is 110 cm³/mol. The number of non-ortho nitro benzene ring substituents is 1. The molecule has 1 aliphatic carbocycles. The Bertz CT molecular complexity index is 1200. The second-order valence-corrected chi connectivity index (χ2v) is 8.35. The number of carbonyl (C=O) groups excluding carboxylic acids is 2. The van der Waals surface area contributed by atoms with Crippen LogP contribution in [0.25, 0.3) is 0 Å². The van der Waals surface area contributed by atoms with Crippen LogP contribution in [0.15, 0.2) is 48.0 Å². The first-order chi connectivity index (χ1) is 15.5. The smallest absolute Gasteiger partial charge is 0.338 e. The van der Waals surface area contributed by atoms with E-state index < -0.39 is 17.0 Å². The molecule has 32 heavy (non-hydrogen) atoms. The van der Waals surface area contributed by atoms with Crippen LogP contribution in [0.4, 0.5) is 5.69 Å². The van der Waals surface area contributed by atoms with Crippen molar-refractivity contribution < 1.29 is 28.7 Å². The third kappa shape index (κ3) is 2.81. The van der Waals surface area contributed by atoms with E-state index in [0.717, 1.165) is 36.2 Å². The number of rotatable bonds is 3. The molecule has 0 spiro atoms. The summed E-state index contributed by atoms with van der Waals surface area (Å²) in [6.45, 7) is 1.71. The third-order valence-electron chi connectivity index (χ3n) is 6.65. The summed E-state index contributed by atoms with van der Waals surface area (Å²) < 4.78 is 16.8. The largest absolute Gasteiger partial charge is 0.454 e. The number of fused-ring (bicyclic) bond motifs is 3. The van der Waals surface area contributed by atoms with Gasteiger partial charge in [0.15, 0.2) is 23.4 Å². The fourth-order valence-electron chi connectivity index (χ4n) is 5.23.